The van der Waals surface area contributed by atoms with E-state index in [1.807, 2.05) is 17.5 Å². The number of thiophene rings is 1. The van der Waals surface area contributed by atoms with E-state index in [0.29, 0.717) is 27.3 Å². The fourth-order valence-electron chi connectivity index (χ4n) is 3.59. The van der Waals surface area contributed by atoms with Crippen LogP contribution in [0.4, 0.5) is 5.69 Å². The number of carbonyl (C=O) groups excluding carboxylic acids is 2. The lowest BCUT2D eigenvalue weighted by Crippen LogP contribution is -2.35. The van der Waals surface area contributed by atoms with Gasteiger partial charge in [-0.3, -0.25) is 14.5 Å². The van der Waals surface area contributed by atoms with Crippen LogP contribution in [-0.2, 0) is 9.59 Å². The maximum Gasteiger partial charge on any atom is 0.283 e. The molecular weight excluding hydrogens is 454 g/mol. The summed E-state index contributed by atoms with van der Waals surface area (Å²) in [6.45, 7) is 0. The first kappa shape index (κ1) is 21.9. The van der Waals surface area contributed by atoms with Crippen LogP contribution < -0.4 is 15.0 Å². The highest BCUT2D eigenvalue weighted by Crippen LogP contribution is 2.34. The van der Waals surface area contributed by atoms with E-state index < -0.39 is 0 Å². The Morgan fingerprint density at radius 3 is 2.87 bits per heavy atom. The predicted molar refractivity (Wildman–Crippen MR) is 128 cm³/mol. The summed E-state index contributed by atoms with van der Waals surface area (Å²) in [6.07, 6.45) is 6.13. The van der Waals surface area contributed by atoms with E-state index in [-0.39, 0.29) is 23.6 Å². The fraction of sp³-hybridized carbons (Fsp3) is 0.318. The first-order chi connectivity index (χ1) is 15.0. The minimum atomic E-state index is -0.256. The molecule has 9 heteroatoms. The van der Waals surface area contributed by atoms with Gasteiger partial charge < -0.3 is 10.1 Å². The van der Waals surface area contributed by atoms with Crippen molar-refractivity contribution in [2.45, 2.75) is 31.7 Å². The molecule has 1 fully saturated rings. The molecule has 0 radical (unpaired) electrons. The highest BCUT2D eigenvalue weighted by Gasteiger charge is 2.33. The zero-order chi connectivity index (χ0) is 21.8. The standard InChI is InChI=1S/C22H22ClN3O3S2/c1-29-19-9-8-15(11-17(19)23)26-21(28)18(12-16-7-4-10-30-16)25-22(26)31-13-20(27)24-14-5-2-3-6-14/h4,7-12,14H,2-3,5-6,13H2,1H3,(H,24,27)/b18-12+. The summed E-state index contributed by atoms with van der Waals surface area (Å²) in [5.41, 5.74) is 0.904. The summed E-state index contributed by atoms with van der Waals surface area (Å²) in [5.74, 6) is 0.409. The minimum Gasteiger partial charge on any atom is -0.495 e. The summed E-state index contributed by atoms with van der Waals surface area (Å²) in [5, 5.41) is 5.87. The molecular formula is C22H22ClN3O3S2. The average Bonchev–Trinajstić information content (AvgIpc) is 3.50. The van der Waals surface area contributed by atoms with Crippen molar-refractivity contribution in [3.8, 4) is 5.75 Å². The monoisotopic (exact) mass is 475 g/mol. The molecule has 0 bridgehead atoms. The first-order valence-corrected chi connectivity index (χ1v) is 12.2. The van der Waals surface area contributed by atoms with Crippen molar-refractivity contribution in [2.75, 3.05) is 17.8 Å². The predicted octanol–water partition coefficient (Wildman–Crippen LogP) is 4.95. The number of benzene rings is 1. The molecule has 0 unspecified atom stereocenters. The summed E-state index contributed by atoms with van der Waals surface area (Å²) in [4.78, 5) is 32.6. The van der Waals surface area contributed by atoms with E-state index in [9.17, 15) is 9.59 Å². The zero-order valence-corrected chi connectivity index (χ0v) is 19.4. The maximum atomic E-state index is 13.2. The van der Waals surface area contributed by atoms with E-state index >= 15 is 0 Å². The van der Waals surface area contributed by atoms with Gasteiger partial charge in [-0.2, -0.15) is 0 Å². The molecule has 2 amide bonds. The number of thioether (sulfide) groups is 1. The summed E-state index contributed by atoms with van der Waals surface area (Å²) < 4.78 is 5.22. The molecule has 0 spiro atoms. The van der Waals surface area contributed by atoms with Crippen LogP contribution in [-0.4, -0.2) is 35.9 Å². The number of anilines is 1. The van der Waals surface area contributed by atoms with Crippen molar-refractivity contribution in [1.82, 2.24) is 5.32 Å². The number of amides is 2. The van der Waals surface area contributed by atoms with Crippen LogP contribution in [0.25, 0.3) is 6.08 Å². The Balaban J connectivity index is 1.56. The Kier molecular flexibility index (Phi) is 6.99. The second-order valence-electron chi connectivity index (χ2n) is 7.24. The number of hydrogen-bond donors (Lipinski definition) is 1. The normalized spacial score (nSPS) is 18.0. The molecule has 6 nitrogen and oxygen atoms in total. The van der Waals surface area contributed by atoms with Crippen LogP contribution in [0, 0.1) is 0 Å². The second kappa shape index (κ2) is 9.89. The number of methoxy groups -OCH3 is 1. The molecule has 1 aromatic carbocycles. The lowest BCUT2D eigenvalue weighted by molar-refractivity contribution is -0.119. The van der Waals surface area contributed by atoms with Crippen LogP contribution in [0.3, 0.4) is 0 Å². The van der Waals surface area contributed by atoms with Gasteiger partial charge in [-0.25, -0.2) is 4.99 Å². The Hall–Kier alpha value is -2.29. The van der Waals surface area contributed by atoms with Crippen LogP contribution in [0.1, 0.15) is 30.6 Å². The molecule has 1 aliphatic carbocycles. The number of amidine groups is 1. The number of nitrogens with zero attached hydrogens (tertiary/aromatic N) is 2. The van der Waals surface area contributed by atoms with Crippen molar-refractivity contribution in [3.63, 3.8) is 0 Å². The van der Waals surface area contributed by atoms with Gasteiger partial charge in [0.25, 0.3) is 5.91 Å². The van der Waals surface area contributed by atoms with Gasteiger partial charge in [0.05, 0.1) is 23.6 Å². The van der Waals surface area contributed by atoms with E-state index in [0.717, 1.165) is 30.6 Å². The molecule has 1 aliphatic heterocycles. The Morgan fingerprint density at radius 1 is 1.39 bits per heavy atom. The van der Waals surface area contributed by atoms with Gasteiger partial charge in [-0.15, -0.1) is 11.3 Å². The number of hydrogen-bond acceptors (Lipinski definition) is 6. The molecule has 0 saturated heterocycles. The summed E-state index contributed by atoms with van der Waals surface area (Å²) in [6, 6.07) is 9.23. The van der Waals surface area contributed by atoms with E-state index in [1.54, 1.807) is 24.3 Å². The molecule has 1 aromatic heterocycles. The number of halogens is 1. The minimum absolute atomic E-state index is 0.0459. The quantitative estimate of drug-likeness (QED) is 0.600. The van der Waals surface area contributed by atoms with Gasteiger partial charge in [-0.05, 0) is 48.6 Å². The molecule has 2 aliphatic rings. The average molecular weight is 476 g/mol. The molecule has 162 valence electrons. The highest BCUT2D eigenvalue weighted by molar-refractivity contribution is 8.14. The highest BCUT2D eigenvalue weighted by atomic mass is 35.5. The number of aliphatic imine (C=N–C) groups is 1. The molecule has 1 N–H and O–H groups in total. The zero-order valence-electron chi connectivity index (χ0n) is 17.0. The topological polar surface area (TPSA) is 71.0 Å². The lowest BCUT2D eigenvalue weighted by atomic mass is 10.2. The van der Waals surface area contributed by atoms with Gasteiger partial charge in [0, 0.05) is 10.9 Å². The third-order valence-electron chi connectivity index (χ3n) is 5.10. The van der Waals surface area contributed by atoms with Gasteiger partial charge >= 0.3 is 0 Å². The smallest absolute Gasteiger partial charge is 0.283 e. The maximum absolute atomic E-state index is 13.2. The van der Waals surface area contributed by atoms with E-state index in [4.69, 9.17) is 16.3 Å². The van der Waals surface area contributed by atoms with Crippen molar-refractivity contribution < 1.29 is 14.3 Å². The SMILES string of the molecule is COc1ccc(N2C(=O)/C(=C\c3cccs3)N=C2SCC(=O)NC2CCCC2)cc1Cl. The number of rotatable bonds is 6. The Morgan fingerprint density at radius 2 is 2.19 bits per heavy atom. The van der Waals surface area contributed by atoms with Gasteiger partial charge in [0.1, 0.15) is 11.4 Å². The van der Waals surface area contributed by atoms with Crippen LogP contribution in [0.2, 0.25) is 5.02 Å². The molecule has 0 atom stereocenters. The van der Waals surface area contributed by atoms with Gasteiger partial charge in [0.2, 0.25) is 5.91 Å². The number of nitrogens with one attached hydrogen (secondary N) is 1. The van der Waals surface area contributed by atoms with Gasteiger partial charge in [-0.1, -0.05) is 42.3 Å². The molecule has 2 heterocycles. The first-order valence-electron chi connectivity index (χ1n) is 9.99. The molecule has 2 aromatic rings. The summed E-state index contributed by atoms with van der Waals surface area (Å²) in [7, 11) is 1.54. The van der Waals surface area contributed by atoms with Crippen molar-refractivity contribution in [2.24, 2.45) is 4.99 Å². The Labute approximate surface area is 194 Å². The van der Waals surface area contributed by atoms with Crippen molar-refractivity contribution in [3.05, 3.63) is 51.3 Å². The lowest BCUT2D eigenvalue weighted by Gasteiger charge is -2.19. The third-order valence-corrected chi connectivity index (χ3v) is 7.15. The molecule has 4 rings (SSSR count). The van der Waals surface area contributed by atoms with Crippen molar-refractivity contribution in [1.29, 1.82) is 0 Å². The van der Waals surface area contributed by atoms with Crippen LogP contribution in [0.15, 0.2) is 46.4 Å². The van der Waals surface area contributed by atoms with Gasteiger partial charge in [0.15, 0.2) is 5.17 Å². The second-order valence-corrected chi connectivity index (χ2v) is 9.57. The summed E-state index contributed by atoms with van der Waals surface area (Å²) >= 11 is 9.06. The third kappa shape index (κ3) is 5.14. The number of carbonyl (C=O) groups is 2. The largest absolute Gasteiger partial charge is 0.495 e. The van der Waals surface area contributed by atoms with Crippen LogP contribution in [0.5, 0.6) is 5.75 Å². The van der Waals surface area contributed by atoms with E-state index in [1.165, 1.54) is 35.1 Å². The Bertz CT molecular complexity index is 1030. The van der Waals surface area contributed by atoms with E-state index in [2.05, 4.69) is 10.3 Å². The molecule has 1 saturated carbocycles. The number of ether oxygens (including phenoxy) is 1. The van der Waals surface area contributed by atoms with Crippen LogP contribution >= 0.6 is 34.7 Å². The molecule has 31 heavy (non-hydrogen) atoms. The van der Waals surface area contributed by atoms with Crippen molar-refractivity contribution >= 4 is 63.4 Å². The fourth-order valence-corrected chi connectivity index (χ4v) is 5.32.